The van der Waals surface area contributed by atoms with Gasteiger partial charge < -0.3 is 34.7 Å². The molecule has 0 aliphatic rings. The summed E-state index contributed by atoms with van der Waals surface area (Å²) in [5.41, 5.74) is 2.72. The van der Waals surface area contributed by atoms with E-state index in [1.165, 1.54) is 53.6 Å². The van der Waals surface area contributed by atoms with Gasteiger partial charge in [0.1, 0.15) is 45.8 Å². The van der Waals surface area contributed by atoms with Crippen LogP contribution in [0, 0.1) is 0 Å². The van der Waals surface area contributed by atoms with Crippen LogP contribution in [-0.2, 0) is 9.59 Å². The first-order chi connectivity index (χ1) is 25.7. The summed E-state index contributed by atoms with van der Waals surface area (Å²) in [6.45, 7) is 4.73. The third kappa shape index (κ3) is 9.99. The maximum absolute atomic E-state index is 13.2. The predicted molar refractivity (Wildman–Crippen MR) is 211 cm³/mol. The molecule has 3 N–H and O–H groups in total. The van der Waals surface area contributed by atoms with Gasteiger partial charge in [0, 0.05) is 24.3 Å². The Morgan fingerprint density at radius 2 is 0.944 bits per heavy atom. The van der Waals surface area contributed by atoms with E-state index in [0.717, 1.165) is 0 Å². The number of methoxy groups -OCH3 is 4. The van der Waals surface area contributed by atoms with Crippen molar-refractivity contribution < 1.29 is 33.6 Å². The molecule has 0 radical (unpaired) electrons. The molecule has 0 saturated heterocycles. The van der Waals surface area contributed by atoms with E-state index < -0.39 is 17.6 Å². The summed E-state index contributed by atoms with van der Waals surface area (Å²) in [7, 11) is 5.74. The number of aliphatic hydroxyl groups is 1. The van der Waals surface area contributed by atoms with Crippen molar-refractivity contribution in [1.82, 2.24) is 0 Å². The molecule has 54 heavy (non-hydrogen) atoms. The van der Waals surface area contributed by atoms with Crippen molar-refractivity contribution in [2.45, 2.75) is 20.8 Å². The molecule has 2 amide bonds. The molecule has 0 aromatic heterocycles. The van der Waals surface area contributed by atoms with Gasteiger partial charge in [-0.2, -0.15) is 0 Å². The first-order valence-corrected chi connectivity index (χ1v) is 17.2. The molecular formula is C37H34Cl4N6O7. The highest BCUT2D eigenvalue weighted by atomic mass is 35.5. The number of allylic oxidation sites excluding steroid dienone is 2. The molecule has 0 bridgehead atoms. The van der Waals surface area contributed by atoms with Crippen LogP contribution in [0.1, 0.15) is 20.8 Å². The number of hydrogen-bond acceptors (Lipinski definition) is 11. The minimum absolute atomic E-state index is 0.0551. The lowest BCUT2D eigenvalue weighted by atomic mass is 10.1. The lowest BCUT2D eigenvalue weighted by Crippen LogP contribution is -2.15. The van der Waals surface area contributed by atoms with E-state index in [4.69, 9.17) is 65.4 Å². The fourth-order valence-electron chi connectivity index (χ4n) is 4.68. The van der Waals surface area contributed by atoms with Crippen LogP contribution in [0.2, 0.25) is 20.1 Å². The average molecular weight is 817 g/mol. The van der Waals surface area contributed by atoms with Gasteiger partial charge in [-0.15, -0.1) is 20.5 Å². The molecule has 282 valence electrons. The Bertz CT molecular complexity index is 2060. The minimum atomic E-state index is -0.777. The average Bonchev–Trinajstić information content (AvgIpc) is 3.13. The summed E-state index contributed by atoms with van der Waals surface area (Å²) in [5.74, 6) is -0.477. The van der Waals surface area contributed by atoms with Gasteiger partial charge in [-0.3, -0.25) is 9.59 Å². The van der Waals surface area contributed by atoms with Gasteiger partial charge >= 0.3 is 0 Å². The largest absolute Gasteiger partial charge is 0.510 e. The van der Waals surface area contributed by atoms with Gasteiger partial charge in [0.15, 0.2) is 5.70 Å². The van der Waals surface area contributed by atoms with E-state index >= 15 is 0 Å². The maximum atomic E-state index is 13.2. The smallest absolute Gasteiger partial charge is 0.279 e. The number of aliphatic hydroxyl groups excluding tert-OH is 1. The second-order valence-corrected chi connectivity index (χ2v) is 12.9. The van der Waals surface area contributed by atoms with E-state index in [1.807, 2.05) is 0 Å². The van der Waals surface area contributed by atoms with Crippen molar-refractivity contribution in [3.8, 4) is 34.1 Å². The molecular weight excluding hydrogens is 782 g/mol. The number of benzene rings is 4. The second-order valence-electron chi connectivity index (χ2n) is 11.3. The van der Waals surface area contributed by atoms with Gasteiger partial charge in [0.2, 0.25) is 0 Å². The van der Waals surface area contributed by atoms with Crippen LogP contribution >= 0.6 is 46.4 Å². The zero-order valence-electron chi connectivity index (χ0n) is 30.0. The lowest BCUT2D eigenvalue weighted by Gasteiger charge is -2.13. The quantitative estimate of drug-likeness (QED) is 0.0686. The summed E-state index contributed by atoms with van der Waals surface area (Å²) < 4.78 is 21.1. The van der Waals surface area contributed by atoms with E-state index in [0.29, 0.717) is 50.3 Å². The van der Waals surface area contributed by atoms with Gasteiger partial charge in [-0.1, -0.05) is 58.5 Å². The number of azo groups is 2. The van der Waals surface area contributed by atoms with Gasteiger partial charge in [0.25, 0.3) is 11.8 Å². The fourth-order valence-corrected chi connectivity index (χ4v) is 5.57. The van der Waals surface area contributed by atoms with Crippen molar-refractivity contribution in [2.24, 2.45) is 20.5 Å². The van der Waals surface area contributed by atoms with Crippen molar-refractivity contribution in [1.29, 1.82) is 0 Å². The van der Waals surface area contributed by atoms with Crippen molar-refractivity contribution in [2.75, 3.05) is 39.1 Å². The SMILES string of the molecule is COc1cc(NC(=O)C(/N=N/c2ccc(-c3ccc(/N=N/C(C(=O)Nc4cc(OC)c(Cl)cc4OC)=C(/C)O)c(Cl)c3)cc2Cl)=C(C)C)c(OC)cc1Cl. The van der Waals surface area contributed by atoms with Crippen LogP contribution in [0.5, 0.6) is 23.0 Å². The van der Waals surface area contributed by atoms with E-state index in [9.17, 15) is 14.7 Å². The molecule has 13 nitrogen and oxygen atoms in total. The monoisotopic (exact) mass is 814 g/mol. The summed E-state index contributed by atoms with van der Waals surface area (Å²) >= 11 is 25.5. The van der Waals surface area contributed by atoms with E-state index in [-0.39, 0.29) is 43.6 Å². The van der Waals surface area contributed by atoms with Gasteiger partial charge in [0.05, 0.1) is 59.9 Å². The van der Waals surface area contributed by atoms with Crippen LogP contribution < -0.4 is 29.6 Å². The normalized spacial score (nSPS) is 11.6. The number of nitrogens with one attached hydrogen (secondary N) is 2. The minimum Gasteiger partial charge on any atom is -0.510 e. The summed E-state index contributed by atoms with van der Waals surface area (Å²) in [4.78, 5) is 26.3. The Hall–Kier alpha value is -5.34. The van der Waals surface area contributed by atoms with Crippen LogP contribution in [-0.4, -0.2) is 45.4 Å². The number of rotatable bonds is 13. The molecule has 0 fully saturated rings. The number of anilines is 2. The van der Waals surface area contributed by atoms with E-state index in [2.05, 4.69) is 31.1 Å². The number of hydrogen-bond donors (Lipinski definition) is 3. The molecule has 17 heteroatoms. The zero-order valence-corrected chi connectivity index (χ0v) is 33.0. The fraction of sp³-hybridized carbons (Fsp3) is 0.189. The summed E-state index contributed by atoms with van der Waals surface area (Å²) in [6, 6.07) is 16.0. The first-order valence-electron chi connectivity index (χ1n) is 15.7. The molecule has 0 unspecified atom stereocenters. The highest BCUT2D eigenvalue weighted by molar-refractivity contribution is 6.34. The number of halogens is 4. The molecule has 0 atom stereocenters. The summed E-state index contributed by atoms with van der Waals surface area (Å²) in [6.07, 6.45) is 0. The van der Waals surface area contributed by atoms with Gasteiger partial charge in [-0.25, -0.2) is 0 Å². The highest BCUT2D eigenvalue weighted by Crippen LogP contribution is 2.39. The first kappa shape index (κ1) is 41.4. The molecule has 0 aliphatic carbocycles. The zero-order chi connectivity index (χ0) is 39.7. The van der Waals surface area contributed by atoms with Crippen LogP contribution in [0.3, 0.4) is 0 Å². The van der Waals surface area contributed by atoms with Crippen molar-refractivity contribution >= 4 is 81.0 Å². The number of carbonyl (C=O) groups excluding carboxylic acids is 2. The molecule has 4 aromatic rings. The Balaban J connectivity index is 1.51. The van der Waals surface area contributed by atoms with Crippen LogP contribution in [0.25, 0.3) is 11.1 Å². The summed E-state index contributed by atoms with van der Waals surface area (Å²) in [5, 5.41) is 33.1. The third-order valence-electron chi connectivity index (χ3n) is 7.43. The number of amides is 2. The molecule has 0 saturated carbocycles. The van der Waals surface area contributed by atoms with Crippen molar-refractivity contribution in [3.05, 3.63) is 103 Å². The maximum Gasteiger partial charge on any atom is 0.279 e. The predicted octanol–water partition coefficient (Wildman–Crippen LogP) is 11.5. The van der Waals surface area contributed by atoms with Crippen LogP contribution in [0.15, 0.2) is 104 Å². The Morgan fingerprint density at radius 3 is 1.30 bits per heavy atom. The topological polar surface area (TPSA) is 165 Å². The van der Waals surface area contributed by atoms with Gasteiger partial charge in [-0.05, 0) is 61.7 Å². The molecule has 4 aromatic carbocycles. The standard InChI is InChI=1S/C37H34Cl4N6O7/c1-18(2)34(36(49)42-28-16-30(51-4)24(40)14-32(28)53-6)46-44-26-10-8-20(12-22(26)38)21-9-11-27(23(39)13-21)45-47-35(19(3)48)37(50)43-29-17-31(52-5)25(41)15-33(29)54-7/h8-17,48H,1-7H3,(H,42,49)(H,43,50)/b35-19-,46-44+,47-45+. The third-order valence-corrected chi connectivity index (χ3v) is 8.63. The second kappa shape index (κ2) is 18.6. The molecule has 0 aliphatic heterocycles. The molecule has 4 rings (SSSR count). The van der Waals surface area contributed by atoms with Crippen molar-refractivity contribution in [3.63, 3.8) is 0 Å². The number of ether oxygens (including phenoxy) is 4. The Kier molecular flexibility index (Phi) is 14.3. The molecule has 0 spiro atoms. The number of carbonyl (C=O) groups is 2. The Morgan fingerprint density at radius 1 is 0.556 bits per heavy atom. The van der Waals surface area contributed by atoms with Crippen LogP contribution in [0.4, 0.5) is 22.7 Å². The lowest BCUT2D eigenvalue weighted by molar-refractivity contribution is -0.113. The highest BCUT2D eigenvalue weighted by Gasteiger charge is 2.19. The molecule has 0 heterocycles. The van der Waals surface area contributed by atoms with E-state index in [1.54, 1.807) is 56.3 Å². The Labute approximate surface area is 331 Å². The number of nitrogens with zero attached hydrogens (tertiary/aromatic N) is 4.